The second-order valence-electron chi connectivity index (χ2n) is 5.40. The summed E-state index contributed by atoms with van der Waals surface area (Å²) in [5.41, 5.74) is 3.47. The molecule has 2 heteroatoms. The number of ether oxygens (including phenoxy) is 1. The van der Waals surface area contributed by atoms with E-state index in [1.807, 2.05) is 0 Å². The molecule has 1 aliphatic heterocycles. The third-order valence-electron chi connectivity index (χ3n) is 3.95. The number of nitrogens with zero attached hydrogens (tertiary/aromatic N) is 1. The summed E-state index contributed by atoms with van der Waals surface area (Å²) in [6.07, 6.45) is 2.16. The summed E-state index contributed by atoms with van der Waals surface area (Å²) in [5, 5.41) is 2.51. The molecule has 102 valence electrons. The van der Waals surface area contributed by atoms with Gasteiger partial charge < -0.3 is 4.74 Å². The van der Waals surface area contributed by atoms with Crippen molar-refractivity contribution in [2.75, 3.05) is 6.73 Å². The number of aryl methyl sites for hydroxylation is 1. The van der Waals surface area contributed by atoms with Gasteiger partial charge >= 0.3 is 0 Å². The van der Waals surface area contributed by atoms with Crippen LogP contribution >= 0.6 is 0 Å². The van der Waals surface area contributed by atoms with Gasteiger partial charge in [0.05, 0.1) is 5.56 Å². The molecule has 4 rings (SSSR count). The van der Waals surface area contributed by atoms with Crippen molar-refractivity contribution in [2.24, 2.45) is 0 Å². The summed E-state index contributed by atoms with van der Waals surface area (Å²) >= 11 is 0. The average Bonchev–Trinajstić information content (AvgIpc) is 2.54. The van der Waals surface area contributed by atoms with Gasteiger partial charge in [0.1, 0.15) is 5.75 Å². The lowest BCUT2D eigenvalue weighted by atomic mass is 10.1. The Hall–Kier alpha value is -2.61. The minimum atomic E-state index is 0.552. The van der Waals surface area contributed by atoms with Crippen LogP contribution in [0, 0.1) is 6.92 Å². The zero-order valence-corrected chi connectivity index (χ0v) is 11.9. The van der Waals surface area contributed by atoms with E-state index in [0.29, 0.717) is 6.73 Å². The monoisotopic (exact) mass is 274 g/mol. The van der Waals surface area contributed by atoms with Crippen molar-refractivity contribution in [3.63, 3.8) is 0 Å². The van der Waals surface area contributed by atoms with Crippen molar-refractivity contribution in [2.45, 2.75) is 6.92 Å². The summed E-state index contributed by atoms with van der Waals surface area (Å²) in [6.45, 7) is 2.63. The predicted octanol–water partition coefficient (Wildman–Crippen LogP) is 4.26. The van der Waals surface area contributed by atoms with Gasteiger partial charge in [0.15, 0.2) is 6.21 Å². The fraction of sp³-hybridized carbons (Fsp3) is 0.105. The highest BCUT2D eigenvalue weighted by Crippen LogP contribution is 2.27. The summed E-state index contributed by atoms with van der Waals surface area (Å²) in [6, 6.07) is 21.2. The lowest BCUT2D eigenvalue weighted by molar-refractivity contribution is -0.476. The standard InChI is InChI=1S/C19H16NO/c1-14-5-4-8-17-12-20(13-21-19(14)17)18-10-9-15-6-2-3-7-16(15)11-18/h2-12H,13H2,1H3/q+1. The Labute approximate surface area is 123 Å². The summed E-state index contributed by atoms with van der Waals surface area (Å²) < 4.78 is 8.08. The van der Waals surface area contributed by atoms with Crippen LogP contribution in [0.15, 0.2) is 60.7 Å². The van der Waals surface area contributed by atoms with Crippen LogP contribution in [0.5, 0.6) is 5.75 Å². The molecule has 3 aromatic carbocycles. The number of benzene rings is 3. The van der Waals surface area contributed by atoms with Crippen molar-refractivity contribution in [1.82, 2.24) is 0 Å². The average molecular weight is 274 g/mol. The Kier molecular flexibility index (Phi) is 2.74. The second-order valence-corrected chi connectivity index (χ2v) is 5.40. The topological polar surface area (TPSA) is 12.2 Å². The Morgan fingerprint density at radius 3 is 2.67 bits per heavy atom. The number of rotatable bonds is 1. The minimum absolute atomic E-state index is 0.552. The van der Waals surface area contributed by atoms with Gasteiger partial charge in [0, 0.05) is 12.1 Å². The van der Waals surface area contributed by atoms with Crippen LogP contribution in [0.3, 0.4) is 0 Å². The normalized spacial score (nSPS) is 13.5. The van der Waals surface area contributed by atoms with Crippen molar-refractivity contribution in [3.8, 4) is 5.75 Å². The maximum Gasteiger partial charge on any atom is 0.292 e. The molecular weight excluding hydrogens is 258 g/mol. The lowest BCUT2D eigenvalue weighted by Gasteiger charge is -2.15. The number of hydrogen-bond acceptors (Lipinski definition) is 1. The van der Waals surface area contributed by atoms with Crippen molar-refractivity contribution >= 4 is 22.7 Å². The first-order valence-electron chi connectivity index (χ1n) is 7.14. The summed E-state index contributed by atoms with van der Waals surface area (Å²) in [5.74, 6) is 0.995. The van der Waals surface area contributed by atoms with Crippen LogP contribution in [-0.2, 0) is 0 Å². The molecule has 0 N–H and O–H groups in total. The molecule has 21 heavy (non-hydrogen) atoms. The van der Waals surface area contributed by atoms with Crippen LogP contribution < -0.4 is 4.74 Å². The van der Waals surface area contributed by atoms with E-state index in [9.17, 15) is 0 Å². The van der Waals surface area contributed by atoms with Crippen molar-refractivity contribution in [1.29, 1.82) is 0 Å². The molecule has 1 heterocycles. The molecule has 0 saturated heterocycles. The molecule has 0 unspecified atom stereocenters. The van der Waals surface area contributed by atoms with Crippen molar-refractivity contribution in [3.05, 3.63) is 71.8 Å². The fourth-order valence-electron chi connectivity index (χ4n) is 2.82. The quantitative estimate of drug-likeness (QED) is 0.604. The first kappa shape index (κ1) is 12.2. The Morgan fingerprint density at radius 2 is 1.76 bits per heavy atom. The second kappa shape index (κ2) is 4.74. The first-order valence-corrected chi connectivity index (χ1v) is 7.14. The molecule has 0 aromatic heterocycles. The highest BCUT2D eigenvalue weighted by Gasteiger charge is 2.20. The highest BCUT2D eigenvalue weighted by atomic mass is 16.5. The van der Waals surface area contributed by atoms with E-state index in [4.69, 9.17) is 4.74 Å². The maximum atomic E-state index is 5.93. The molecule has 0 bridgehead atoms. The van der Waals surface area contributed by atoms with E-state index in [0.717, 1.165) is 17.0 Å². The molecule has 0 spiro atoms. The molecule has 1 aliphatic rings. The van der Waals surface area contributed by atoms with E-state index >= 15 is 0 Å². The van der Waals surface area contributed by atoms with Gasteiger partial charge in [-0.2, -0.15) is 4.58 Å². The molecule has 0 radical (unpaired) electrons. The van der Waals surface area contributed by atoms with E-state index in [1.165, 1.54) is 16.3 Å². The Morgan fingerprint density at radius 1 is 0.905 bits per heavy atom. The zero-order valence-electron chi connectivity index (χ0n) is 11.9. The first-order chi connectivity index (χ1) is 10.3. The van der Waals surface area contributed by atoms with Gasteiger partial charge in [0.2, 0.25) is 5.69 Å². The molecule has 0 fully saturated rings. The molecular formula is C19H16NO+. The van der Waals surface area contributed by atoms with E-state index in [-0.39, 0.29) is 0 Å². The van der Waals surface area contributed by atoms with Crippen LogP contribution in [0.1, 0.15) is 11.1 Å². The minimum Gasteiger partial charge on any atom is -0.435 e. The number of hydrogen-bond donors (Lipinski definition) is 0. The Bertz CT molecular complexity index is 864. The van der Waals surface area contributed by atoms with Crippen molar-refractivity contribution < 1.29 is 9.31 Å². The van der Waals surface area contributed by atoms with Crippen LogP contribution in [0.25, 0.3) is 10.8 Å². The van der Waals surface area contributed by atoms with Gasteiger partial charge in [-0.05, 0) is 35.4 Å². The predicted molar refractivity (Wildman–Crippen MR) is 85.7 cm³/mol. The third-order valence-corrected chi connectivity index (χ3v) is 3.95. The summed E-state index contributed by atoms with van der Waals surface area (Å²) in [7, 11) is 0. The molecule has 0 amide bonds. The van der Waals surface area contributed by atoms with E-state index in [2.05, 4.69) is 78.4 Å². The molecule has 3 aromatic rings. The van der Waals surface area contributed by atoms with Gasteiger partial charge in [-0.25, -0.2) is 0 Å². The van der Waals surface area contributed by atoms with Gasteiger partial charge in [-0.15, -0.1) is 0 Å². The molecule has 0 saturated carbocycles. The maximum absolute atomic E-state index is 5.93. The SMILES string of the molecule is Cc1cccc2c1OC[N+](c1ccc3ccccc3c1)=C2. The third kappa shape index (κ3) is 2.09. The molecule has 0 aliphatic carbocycles. The lowest BCUT2D eigenvalue weighted by Crippen LogP contribution is -2.21. The largest absolute Gasteiger partial charge is 0.435 e. The van der Waals surface area contributed by atoms with Gasteiger partial charge in [0.25, 0.3) is 6.73 Å². The number of fused-ring (bicyclic) bond motifs is 2. The zero-order chi connectivity index (χ0) is 14.2. The Balaban J connectivity index is 1.82. The smallest absolute Gasteiger partial charge is 0.292 e. The van der Waals surface area contributed by atoms with Crippen LogP contribution in [0.2, 0.25) is 0 Å². The van der Waals surface area contributed by atoms with Gasteiger partial charge in [-0.1, -0.05) is 36.4 Å². The molecule has 2 nitrogen and oxygen atoms in total. The molecule has 0 atom stereocenters. The van der Waals surface area contributed by atoms with Gasteiger partial charge in [-0.3, -0.25) is 0 Å². The number of para-hydroxylation sites is 1. The van der Waals surface area contributed by atoms with E-state index in [1.54, 1.807) is 0 Å². The highest BCUT2D eigenvalue weighted by molar-refractivity contribution is 5.86. The van der Waals surface area contributed by atoms with Crippen LogP contribution in [0.4, 0.5) is 5.69 Å². The summed E-state index contributed by atoms with van der Waals surface area (Å²) in [4.78, 5) is 0. The van der Waals surface area contributed by atoms with E-state index < -0.39 is 0 Å². The fourth-order valence-corrected chi connectivity index (χ4v) is 2.82. The van der Waals surface area contributed by atoms with Crippen LogP contribution in [-0.4, -0.2) is 17.5 Å².